The zero-order valence-corrected chi connectivity index (χ0v) is 17.8. The van der Waals surface area contributed by atoms with Gasteiger partial charge in [0.2, 0.25) is 0 Å². The van der Waals surface area contributed by atoms with Crippen LogP contribution in [0.3, 0.4) is 0 Å². The van der Waals surface area contributed by atoms with Gasteiger partial charge >= 0.3 is 0 Å². The lowest BCUT2D eigenvalue weighted by Gasteiger charge is -2.25. The van der Waals surface area contributed by atoms with Crippen molar-refractivity contribution in [1.82, 2.24) is 19.7 Å². The van der Waals surface area contributed by atoms with Crippen molar-refractivity contribution in [2.24, 2.45) is 0 Å². The number of aryl methyl sites for hydroxylation is 1. The van der Waals surface area contributed by atoms with Crippen LogP contribution >= 0.6 is 0 Å². The average Bonchev–Trinajstić information content (AvgIpc) is 3.52. The van der Waals surface area contributed by atoms with Gasteiger partial charge in [-0.1, -0.05) is 12.5 Å². The Morgan fingerprint density at radius 3 is 2.84 bits per heavy atom. The Balaban J connectivity index is 1.34. The van der Waals surface area contributed by atoms with Crippen molar-refractivity contribution < 1.29 is 14.3 Å². The molecule has 3 aliphatic heterocycles. The van der Waals surface area contributed by atoms with Crippen molar-refractivity contribution >= 4 is 17.5 Å². The summed E-state index contributed by atoms with van der Waals surface area (Å²) in [5, 5.41) is 11.8. The van der Waals surface area contributed by atoms with Crippen molar-refractivity contribution in [3.05, 3.63) is 41.5 Å². The highest BCUT2D eigenvalue weighted by molar-refractivity contribution is 5.98. The molecule has 0 saturated carbocycles. The van der Waals surface area contributed by atoms with E-state index in [1.807, 2.05) is 23.1 Å². The summed E-state index contributed by atoms with van der Waals surface area (Å²) in [5.74, 6) is 1.80. The van der Waals surface area contributed by atoms with Crippen LogP contribution in [0.2, 0.25) is 0 Å². The number of benzene rings is 1. The quantitative estimate of drug-likeness (QED) is 0.816. The number of carbonyl (C=O) groups is 2. The van der Waals surface area contributed by atoms with Gasteiger partial charge < -0.3 is 19.5 Å². The van der Waals surface area contributed by atoms with Gasteiger partial charge in [0.25, 0.3) is 11.8 Å². The molecule has 2 atom stereocenters. The van der Waals surface area contributed by atoms with Gasteiger partial charge in [-0.2, -0.15) is 0 Å². The predicted octanol–water partition coefficient (Wildman–Crippen LogP) is 3.10. The van der Waals surface area contributed by atoms with Crippen LogP contribution in [0.15, 0.2) is 24.3 Å². The van der Waals surface area contributed by atoms with Crippen molar-refractivity contribution in [2.75, 3.05) is 18.5 Å². The number of anilines is 1. The Morgan fingerprint density at radius 1 is 1.03 bits per heavy atom. The first-order valence-corrected chi connectivity index (χ1v) is 11.5. The number of fused-ring (bicyclic) bond motifs is 1. The topological polar surface area (TPSA) is 89.4 Å². The third kappa shape index (κ3) is 4.08. The van der Waals surface area contributed by atoms with Crippen molar-refractivity contribution in [3.8, 4) is 0 Å². The highest BCUT2D eigenvalue weighted by atomic mass is 16.5. The fourth-order valence-corrected chi connectivity index (χ4v) is 4.94. The van der Waals surface area contributed by atoms with E-state index in [4.69, 9.17) is 4.74 Å². The second kappa shape index (κ2) is 8.78. The first-order chi connectivity index (χ1) is 15.2. The van der Waals surface area contributed by atoms with Gasteiger partial charge in [0.15, 0.2) is 5.82 Å². The Labute approximate surface area is 182 Å². The summed E-state index contributed by atoms with van der Waals surface area (Å²) in [7, 11) is 0. The van der Waals surface area contributed by atoms with Crippen LogP contribution in [-0.2, 0) is 22.5 Å². The molecule has 1 aromatic heterocycles. The molecule has 1 aromatic carbocycles. The van der Waals surface area contributed by atoms with Gasteiger partial charge in [-0.3, -0.25) is 9.59 Å². The zero-order chi connectivity index (χ0) is 21.2. The van der Waals surface area contributed by atoms with Crippen LogP contribution in [0.4, 0.5) is 5.69 Å². The number of hydrogen-bond acceptors (Lipinski definition) is 5. The van der Waals surface area contributed by atoms with Gasteiger partial charge in [-0.25, -0.2) is 0 Å². The SMILES string of the molecule is O=C(Nc1cccc(C(=O)N2CCC[C@H]2c2nnc3n2CCCCC3)c1)[C@@H]1CCCO1. The average molecular weight is 424 g/mol. The van der Waals surface area contributed by atoms with E-state index < -0.39 is 6.10 Å². The van der Waals surface area contributed by atoms with Gasteiger partial charge in [-0.05, 0) is 56.7 Å². The minimum absolute atomic E-state index is 0.0262. The Hall–Kier alpha value is -2.74. The fraction of sp³-hybridized carbons (Fsp3) is 0.565. The summed E-state index contributed by atoms with van der Waals surface area (Å²) in [4.78, 5) is 27.7. The number of hydrogen-bond donors (Lipinski definition) is 1. The van der Waals surface area contributed by atoms with Gasteiger partial charge in [0.05, 0.1) is 6.04 Å². The minimum Gasteiger partial charge on any atom is -0.368 e. The van der Waals surface area contributed by atoms with Gasteiger partial charge in [0.1, 0.15) is 11.9 Å². The van der Waals surface area contributed by atoms with Crippen molar-refractivity contribution in [2.45, 2.75) is 70.1 Å². The lowest BCUT2D eigenvalue weighted by Crippen LogP contribution is -2.32. The molecule has 0 spiro atoms. The summed E-state index contributed by atoms with van der Waals surface area (Å²) in [5.41, 5.74) is 1.20. The first-order valence-electron chi connectivity index (χ1n) is 11.5. The number of rotatable bonds is 4. The van der Waals surface area contributed by atoms with E-state index in [-0.39, 0.29) is 17.9 Å². The number of likely N-dealkylation sites (tertiary alicyclic amines) is 1. The fourth-order valence-electron chi connectivity index (χ4n) is 4.94. The molecular weight excluding hydrogens is 394 g/mol. The maximum atomic E-state index is 13.4. The standard InChI is InChI=1S/C23H29N5O3/c29-22(19-10-6-14-31-19)24-17-8-4-7-16(15-17)23(30)27-13-5-9-18(27)21-26-25-20-11-2-1-3-12-28(20)21/h4,7-8,15,18-19H,1-3,5-6,9-14H2,(H,24,29)/t18-,19-/m0/s1. The molecule has 164 valence electrons. The second-order valence-corrected chi connectivity index (χ2v) is 8.67. The molecule has 0 radical (unpaired) electrons. The molecule has 31 heavy (non-hydrogen) atoms. The molecule has 0 bridgehead atoms. The number of ether oxygens (including phenoxy) is 1. The maximum Gasteiger partial charge on any atom is 0.254 e. The largest absolute Gasteiger partial charge is 0.368 e. The molecule has 8 nitrogen and oxygen atoms in total. The third-order valence-electron chi connectivity index (χ3n) is 6.55. The predicted molar refractivity (Wildman–Crippen MR) is 115 cm³/mol. The molecular formula is C23H29N5O3. The van der Waals surface area contributed by atoms with Crippen LogP contribution in [-0.4, -0.2) is 50.7 Å². The number of amides is 2. The lowest BCUT2D eigenvalue weighted by atomic mass is 10.1. The van der Waals surface area contributed by atoms with E-state index in [1.54, 1.807) is 6.07 Å². The molecule has 2 aromatic rings. The van der Waals surface area contributed by atoms with Gasteiger partial charge in [-0.15, -0.1) is 10.2 Å². The number of nitrogens with one attached hydrogen (secondary N) is 1. The molecule has 3 aliphatic rings. The minimum atomic E-state index is -0.398. The Bertz CT molecular complexity index is 966. The number of nitrogens with zero attached hydrogens (tertiary/aromatic N) is 4. The highest BCUT2D eigenvalue weighted by Crippen LogP contribution is 2.33. The number of carbonyl (C=O) groups excluding carboxylic acids is 2. The summed E-state index contributed by atoms with van der Waals surface area (Å²) < 4.78 is 7.69. The summed E-state index contributed by atoms with van der Waals surface area (Å²) in [6.07, 6.45) is 7.54. The smallest absolute Gasteiger partial charge is 0.254 e. The van der Waals surface area contributed by atoms with Crippen LogP contribution < -0.4 is 5.32 Å². The van der Waals surface area contributed by atoms with E-state index in [0.29, 0.717) is 24.4 Å². The molecule has 2 saturated heterocycles. The molecule has 1 N–H and O–H groups in total. The van der Waals surface area contributed by atoms with E-state index in [2.05, 4.69) is 20.1 Å². The third-order valence-corrected chi connectivity index (χ3v) is 6.55. The maximum absolute atomic E-state index is 13.4. The molecule has 2 amide bonds. The van der Waals surface area contributed by atoms with Crippen LogP contribution in [0, 0.1) is 0 Å². The van der Waals surface area contributed by atoms with E-state index in [1.165, 1.54) is 6.42 Å². The molecule has 0 unspecified atom stereocenters. The monoisotopic (exact) mass is 423 g/mol. The van der Waals surface area contributed by atoms with Crippen LogP contribution in [0.25, 0.3) is 0 Å². The highest BCUT2D eigenvalue weighted by Gasteiger charge is 2.35. The van der Waals surface area contributed by atoms with Gasteiger partial charge in [0, 0.05) is 37.4 Å². The molecule has 2 fully saturated rings. The van der Waals surface area contributed by atoms with E-state index >= 15 is 0 Å². The number of aromatic nitrogens is 3. The van der Waals surface area contributed by atoms with E-state index in [9.17, 15) is 9.59 Å². The molecule has 4 heterocycles. The molecule has 8 heteroatoms. The summed E-state index contributed by atoms with van der Waals surface area (Å²) in [6.45, 7) is 2.26. The summed E-state index contributed by atoms with van der Waals surface area (Å²) in [6, 6.07) is 7.14. The first kappa shape index (κ1) is 20.2. The van der Waals surface area contributed by atoms with Crippen molar-refractivity contribution in [3.63, 3.8) is 0 Å². The van der Waals surface area contributed by atoms with Crippen molar-refractivity contribution in [1.29, 1.82) is 0 Å². The van der Waals surface area contributed by atoms with Crippen LogP contribution in [0.5, 0.6) is 0 Å². The zero-order valence-electron chi connectivity index (χ0n) is 17.8. The second-order valence-electron chi connectivity index (χ2n) is 8.67. The Morgan fingerprint density at radius 2 is 1.97 bits per heavy atom. The lowest BCUT2D eigenvalue weighted by molar-refractivity contribution is -0.124. The summed E-state index contributed by atoms with van der Waals surface area (Å²) >= 11 is 0. The van der Waals surface area contributed by atoms with E-state index in [0.717, 1.165) is 63.1 Å². The molecule has 5 rings (SSSR count). The molecule has 0 aliphatic carbocycles. The normalized spacial score (nSPS) is 23.4. The Kier molecular flexibility index (Phi) is 5.72. The van der Waals surface area contributed by atoms with Crippen LogP contribution in [0.1, 0.15) is 73.0 Å².